The Morgan fingerprint density at radius 1 is 1.24 bits per heavy atom. The molecule has 0 spiro atoms. The molecule has 128 valence electrons. The maximum Gasteiger partial charge on any atom is 0.335 e. The topological polar surface area (TPSA) is 46.5 Å². The number of fused-ring (bicyclic) bond motifs is 2. The van der Waals surface area contributed by atoms with Gasteiger partial charge < -0.3 is 9.84 Å². The molecule has 4 rings (SSSR count). The molecule has 0 saturated heterocycles. The number of carboxylic acids is 1. The fourth-order valence-electron chi connectivity index (χ4n) is 4.33. The molecule has 2 aliphatic carbocycles. The van der Waals surface area contributed by atoms with Crippen LogP contribution in [0.15, 0.2) is 48.0 Å². The predicted molar refractivity (Wildman–Crippen MR) is 98.1 cm³/mol. The van der Waals surface area contributed by atoms with Crippen molar-refractivity contribution in [2.45, 2.75) is 25.7 Å². The lowest BCUT2D eigenvalue weighted by molar-refractivity contribution is 0.0696. The Kier molecular flexibility index (Phi) is 3.87. The van der Waals surface area contributed by atoms with Crippen LogP contribution in [0.3, 0.4) is 0 Å². The van der Waals surface area contributed by atoms with Gasteiger partial charge in [-0.25, -0.2) is 4.79 Å². The SMILES string of the molecule is COc1cc(C(=O)O)ccc1/C=C(\C)C1c2ccccc2CC2CC21. The molecule has 2 aliphatic rings. The summed E-state index contributed by atoms with van der Waals surface area (Å²) in [5.74, 6) is 1.69. The van der Waals surface area contributed by atoms with Crippen LogP contribution in [-0.2, 0) is 6.42 Å². The standard InChI is InChI=1S/C22H22O3/c1-13(9-15-7-8-16(22(23)24)12-20(15)25-2)21-18-6-4-3-5-14(18)10-17-11-19(17)21/h3-9,12,17,19,21H,10-11H2,1-2H3,(H,23,24)/b13-9+. The van der Waals surface area contributed by atoms with Crippen molar-refractivity contribution in [3.63, 3.8) is 0 Å². The van der Waals surface area contributed by atoms with E-state index in [0.29, 0.717) is 11.7 Å². The van der Waals surface area contributed by atoms with Crippen molar-refractivity contribution in [1.82, 2.24) is 0 Å². The van der Waals surface area contributed by atoms with Crippen molar-refractivity contribution in [2.75, 3.05) is 7.11 Å². The summed E-state index contributed by atoms with van der Waals surface area (Å²) < 4.78 is 5.42. The van der Waals surface area contributed by atoms with E-state index in [4.69, 9.17) is 9.84 Å². The van der Waals surface area contributed by atoms with Crippen LogP contribution in [0.4, 0.5) is 0 Å². The second-order valence-corrected chi connectivity index (χ2v) is 7.19. The van der Waals surface area contributed by atoms with Crippen LogP contribution in [0.1, 0.15) is 46.3 Å². The molecule has 3 unspecified atom stereocenters. The summed E-state index contributed by atoms with van der Waals surface area (Å²) >= 11 is 0. The van der Waals surface area contributed by atoms with Gasteiger partial charge in [0.1, 0.15) is 5.75 Å². The molecule has 25 heavy (non-hydrogen) atoms. The summed E-state index contributed by atoms with van der Waals surface area (Å²) in [6, 6.07) is 13.8. The number of benzene rings is 2. The Bertz CT molecular complexity index is 865. The van der Waals surface area contributed by atoms with Gasteiger partial charge in [-0.15, -0.1) is 0 Å². The first-order valence-electron chi connectivity index (χ1n) is 8.76. The number of allylic oxidation sites excluding steroid dienone is 1. The second-order valence-electron chi connectivity index (χ2n) is 7.19. The summed E-state index contributed by atoms with van der Waals surface area (Å²) in [5, 5.41) is 9.16. The van der Waals surface area contributed by atoms with Crippen molar-refractivity contribution in [1.29, 1.82) is 0 Å². The third kappa shape index (κ3) is 2.84. The number of hydrogen-bond donors (Lipinski definition) is 1. The molecule has 1 saturated carbocycles. The lowest BCUT2D eigenvalue weighted by atomic mass is 9.78. The summed E-state index contributed by atoms with van der Waals surface area (Å²) in [6.07, 6.45) is 4.67. The van der Waals surface area contributed by atoms with Crippen LogP contribution in [0.5, 0.6) is 5.75 Å². The van der Waals surface area contributed by atoms with Crippen LogP contribution >= 0.6 is 0 Å². The van der Waals surface area contributed by atoms with Gasteiger partial charge >= 0.3 is 5.97 Å². The molecule has 0 radical (unpaired) electrons. The van der Waals surface area contributed by atoms with E-state index in [-0.39, 0.29) is 5.56 Å². The number of methoxy groups -OCH3 is 1. The third-order valence-electron chi connectivity index (χ3n) is 5.63. The molecular formula is C22H22O3. The quantitative estimate of drug-likeness (QED) is 0.876. The van der Waals surface area contributed by atoms with Gasteiger partial charge in [-0.05, 0) is 54.9 Å². The van der Waals surface area contributed by atoms with Crippen LogP contribution < -0.4 is 4.74 Å². The predicted octanol–water partition coefficient (Wildman–Crippen LogP) is 4.77. The molecule has 0 aromatic heterocycles. The Morgan fingerprint density at radius 2 is 2.04 bits per heavy atom. The Labute approximate surface area is 148 Å². The number of hydrogen-bond acceptors (Lipinski definition) is 2. The minimum Gasteiger partial charge on any atom is -0.496 e. The highest BCUT2D eigenvalue weighted by molar-refractivity contribution is 5.88. The Morgan fingerprint density at radius 3 is 2.80 bits per heavy atom. The van der Waals surface area contributed by atoms with Crippen LogP contribution in [0.25, 0.3) is 6.08 Å². The molecule has 0 amide bonds. The first kappa shape index (κ1) is 15.9. The van der Waals surface area contributed by atoms with Gasteiger partial charge in [0.05, 0.1) is 12.7 Å². The van der Waals surface area contributed by atoms with E-state index in [1.807, 2.05) is 6.07 Å². The van der Waals surface area contributed by atoms with Crippen LogP contribution in [-0.4, -0.2) is 18.2 Å². The minimum absolute atomic E-state index is 0.247. The Balaban J connectivity index is 1.72. The van der Waals surface area contributed by atoms with Crippen LogP contribution in [0, 0.1) is 11.8 Å². The molecule has 3 heteroatoms. The van der Waals surface area contributed by atoms with E-state index < -0.39 is 5.97 Å². The van der Waals surface area contributed by atoms with E-state index in [1.165, 1.54) is 29.5 Å². The normalized spacial score (nSPS) is 24.2. The molecule has 2 aromatic rings. The van der Waals surface area contributed by atoms with Gasteiger partial charge in [-0.1, -0.05) is 42.0 Å². The monoisotopic (exact) mass is 334 g/mol. The molecular weight excluding hydrogens is 312 g/mol. The van der Waals surface area contributed by atoms with Crippen molar-refractivity contribution in [2.24, 2.45) is 11.8 Å². The molecule has 1 N–H and O–H groups in total. The van der Waals surface area contributed by atoms with Gasteiger partial charge in [-0.3, -0.25) is 0 Å². The van der Waals surface area contributed by atoms with Crippen molar-refractivity contribution in [3.05, 3.63) is 70.3 Å². The first-order chi connectivity index (χ1) is 12.1. The summed E-state index contributed by atoms with van der Waals surface area (Å²) in [6.45, 7) is 2.19. The Hall–Kier alpha value is -2.55. The molecule has 0 aliphatic heterocycles. The number of ether oxygens (including phenoxy) is 1. The fraction of sp³-hybridized carbons (Fsp3) is 0.318. The molecule has 0 heterocycles. The van der Waals surface area contributed by atoms with E-state index in [2.05, 4.69) is 37.3 Å². The number of carbonyl (C=O) groups is 1. The molecule has 3 nitrogen and oxygen atoms in total. The van der Waals surface area contributed by atoms with Gasteiger partial charge in [0.15, 0.2) is 0 Å². The summed E-state index contributed by atoms with van der Waals surface area (Å²) in [5.41, 5.74) is 5.44. The molecule has 3 atom stereocenters. The largest absolute Gasteiger partial charge is 0.496 e. The van der Waals surface area contributed by atoms with Crippen molar-refractivity contribution in [3.8, 4) is 5.75 Å². The minimum atomic E-state index is -0.937. The zero-order valence-corrected chi connectivity index (χ0v) is 14.5. The highest BCUT2D eigenvalue weighted by atomic mass is 16.5. The van der Waals surface area contributed by atoms with Gasteiger partial charge in [-0.2, -0.15) is 0 Å². The fourth-order valence-corrected chi connectivity index (χ4v) is 4.33. The first-order valence-corrected chi connectivity index (χ1v) is 8.76. The average molecular weight is 334 g/mol. The summed E-state index contributed by atoms with van der Waals surface area (Å²) in [7, 11) is 1.58. The molecule has 1 fully saturated rings. The average Bonchev–Trinajstić information content (AvgIpc) is 3.38. The lowest BCUT2D eigenvalue weighted by Gasteiger charge is -2.26. The van der Waals surface area contributed by atoms with E-state index in [9.17, 15) is 4.79 Å². The maximum atomic E-state index is 11.2. The molecule has 0 bridgehead atoms. The van der Waals surface area contributed by atoms with Crippen molar-refractivity contribution < 1.29 is 14.6 Å². The second kappa shape index (κ2) is 6.07. The zero-order chi connectivity index (χ0) is 17.6. The van der Waals surface area contributed by atoms with Crippen molar-refractivity contribution >= 4 is 12.0 Å². The zero-order valence-electron chi connectivity index (χ0n) is 14.5. The number of rotatable bonds is 4. The van der Waals surface area contributed by atoms with E-state index in [1.54, 1.807) is 19.2 Å². The van der Waals surface area contributed by atoms with E-state index >= 15 is 0 Å². The molecule has 2 aromatic carbocycles. The summed E-state index contributed by atoms with van der Waals surface area (Å²) in [4.78, 5) is 11.2. The number of aromatic carboxylic acids is 1. The smallest absolute Gasteiger partial charge is 0.335 e. The van der Waals surface area contributed by atoms with Gasteiger partial charge in [0.25, 0.3) is 0 Å². The third-order valence-corrected chi connectivity index (χ3v) is 5.63. The number of carboxylic acid groups (broad SMARTS) is 1. The van der Waals surface area contributed by atoms with Gasteiger partial charge in [0.2, 0.25) is 0 Å². The lowest BCUT2D eigenvalue weighted by Crippen LogP contribution is -2.13. The maximum absolute atomic E-state index is 11.2. The van der Waals surface area contributed by atoms with Gasteiger partial charge in [0, 0.05) is 11.5 Å². The van der Waals surface area contributed by atoms with Crippen LogP contribution in [0.2, 0.25) is 0 Å². The van der Waals surface area contributed by atoms with E-state index in [0.717, 1.165) is 17.4 Å². The highest BCUT2D eigenvalue weighted by Gasteiger charge is 2.47. The highest BCUT2D eigenvalue weighted by Crippen LogP contribution is 2.57.